The lowest BCUT2D eigenvalue weighted by atomic mass is 10.1. The third kappa shape index (κ3) is 2.29. The minimum atomic E-state index is -0.209. The predicted octanol–water partition coefficient (Wildman–Crippen LogP) is 1.03. The lowest BCUT2D eigenvalue weighted by Gasteiger charge is -2.35. The molecule has 0 spiro atoms. The Morgan fingerprint density at radius 2 is 2.47 bits per heavy atom. The van der Waals surface area contributed by atoms with Crippen LogP contribution in [-0.2, 0) is 4.79 Å². The third-order valence-electron chi connectivity index (χ3n) is 2.85. The van der Waals surface area contributed by atoms with E-state index in [4.69, 9.17) is 17.3 Å². The van der Waals surface area contributed by atoms with Gasteiger partial charge in [0.15, 0.2) is 5.82 Å². The summed E-state index contributed by atoms with van der Waals surface area (Å²) in [5.74, 6) is 0.658. The Morgan fingerprint density at radius 1 is 1.71 bits per heavy atom. The van der Waals surface area contributed by atoms with E-state index in [1.165, 1.54) is 0 Å². The maximum Gasteiger partial charge on any atom is 0.242 e. The molecule has 5 nitrogen and oxygen atoms in total. The van der Waals surface area contributed by atoms with Crippen LogP contribution in [0, 0.1) is 0 Å². The number of rotatable bonds is 2. The van der Waals surface area contributed by atoms with Crippen LogP contribution < -0.4 is 16.0 Å². The van der Waals surface area contributed by atoms with Crippen LogP contribution in [0.3, 0.4) is 0 Å². The third-order valence-corrected chi connectivity index (χ3v) is 3.06. The SMILES string of the molecule is CCC1C(=O)NCCN1c1ncc(Cl)cc1N. The number of hydrogen-bond donors (Lipinski definition) is 2. The summed E-state index contributed by atoms with van der Waals surface area (Å²) in [5, 5.41) is 3.34. The topological polar surface area (TPSA) is 71.2 Å². The van der Waals surface area contributed by atoms with E-state index in [1.807, 2.05) is 11.8 Å². The molecule has 1 saturated heterocycles. The molecule has 0 bridgehead atoms. The molecule has 1 aromatic rings. The summed E-state index contributed by atoms with van der Waals surface area (Å²) in [5.41, 5.74) is 6.40. The van der Waals surface area contributed by atoms with Gasteiger partial charge in [0.1, 0.15) is 6.04 Å². The van der Waals surface area contributed by atoms with E-state index in [0.29, 0.717) is 29.6 Å². The first kappa shape index (κ1) is 12.0. The van der Waals surface area contributed by atoms with Crippen molar-refractivity contribution in [2.75, 3.05) is 23.7 Å². The molecule has 0 aliphatic carbocycles. The van der Waals surface area contributed by atoms with E-state index in [9.17, 15) is 4.79 Å². The molecule has 1 atom stereocenters. The quantitative estimate of drug-likeness (QED) is 0.827. The van der Waals surface area contributed by atoms with Crippen molar-refractivity contribution in [3.8, 4) is 0 Å². The van der Waals surface area contributed by atoms with Gasteiger partial charge in [0.05, 0.1) is 10.7 Å². The molecule has 1 fully saturated rings. The molecule has 0 aromatic carbocycles. The van der Waals surface area contributed by atoms with Crippen LogP contribution in [0.4, 0.5) is 11.5 Å². The van der Waals surface area contributed by atoms with Gasteiger partial charge in [0.25, 0.3) is 0 Å². The van der Waals surface area contributed by atoms with Crippen molar-refractivity contribution in [1.82, 2.24) is 10.3 Å². The number of hydrogen-bond acceptors (Lipinski definition) is 4. The Hall–Kier alpha value is -1.49. The molecular formula is C11H15ClN4O. The summed E-state index contributed by atoms with van der Waals surface area (Å²) in [7, 11) is 0. The van der Waals surface area contributed by atoms with E-state index < -0.39 is 0 Å². The van der Waals surface area contributed by atoms with Gasteiger partial charge in [0.2, 0.25) is 5.91 Å². The Bertz CT molecular complexity index is 437. The number of nitrogens with zero attached hydrogens (tertiary/aromatic N) is 2. The summed E-state index contributed by atoms with van der Waals surface area (Å²) in [4.78, 5) is 17.9. The van der Waals surface area contributed by atoms with Crippen LogP contribution in [-0.4, -0.2) is 30.0 Å². The predicted molar refractivity (Wildman–Crippen MR) is 68.1 cm³/mol. The maximum absolute atomic E-state index is 11.7. The molecule has 2 rings (SSSR count). The van der Waals surface area contributed by atoms with Crippen molar-refractivity contribution in [1.29, 1.82) is 0 Å². The smallest absolute Gasteiger partial charge is 0.242 e. The standard InChI is InChI=1S/C11H15ClN4O/c1-2-9-11(17)14-3-4-16(9)10-8(13)5-7(12)6-15-10/h5-6,9H,2-4,13H2,1H3,(H,14,17). The van der Waals surface area contributed by atoms with Gasteiger partial charge in [-0.25, -0.2) is 4.98 Å². The molecule has 92 valence electrons. The van der Waals surface area contributed by atoms with Crippen LogP contribution >= 0.6 is 11.6 Å². The fourth-order valence-corrected chi connectivity index (χ4v) is 2.23. The van der Waals surface area contributed by atoms with E-state index in [2.05, 4.69) is 10.3 Å². The number of nitrogen functional groups attached to an aromatic ring is 1. The highest BCUT2D eigenvalue weighted by Gasteiger charge is 2.29. The summed E-state index contributed by atoms with van der Waals surface area (Å²) < 4.78 is 0. The molecule has 3 N–H and O–H groups in total. The van der Waals surface area contributed by atoms with Gasteiger partial charge >= 0.3 is 0 Å². The highest BCUT2D eigenvalue weighted by molar-refractivity contribution is 6.30. The first-order valence-corrected chi connectivity index (χ1v) is 5.96. The number of nitrogens with two attached hydrogens (primary N) is 1. The zero-order chi connectivity index (χ0) is 12.4. The van der Waals surface area contributed by atoms with Gasteiger partial charge in [-0.3, -0.25) is 4.79 Å². The van der Waals surface area contributed by atoms with Crippen molar-refractivity contribution >= 4 is 29.0 Å². The molecule has 1 aliphatic heterocycles. The van der Waals surface area contributed by atoms with E-state index in [1.54, 1.807) is 12.3 Å². The molecular weight excluding hydrogens is 240 g/mol. The van der Waals surface area contributed by atoms with E-state index >= 15 is 0 Å². The van der Waals surface area contributed by atoms with Gasteiger partial charge in [0, 0.05) is 19.3 Å². The number of piperazine rings is 1. The van der Waals surface area contributed by atoms with Crippen LogP contribution in [0.15, 0.2) is 12.3 Å². The number of nitrogens with one attached hydrogen (secondary N) is 1. The van der Waals surface area contributed by atoms with Gasteiger partial charge in [-0.1, -0.05) is 18.5 Å². The number of aromatic nitrogens is 1. The normalized spacial score (nSPS) is 20.2. The molecule has 1 aromatic heterocycles. The van der Waals surface area contributed by atoms with Crippen LogP contribution in [0.1, 0.15) is 13.3 Å². The second-order valence-corrected chi connectivity index (χ2v) is 4.41. The summed E-state index contributed by atoms with van der Waals surface area (Å²) in [6.45, 7) is 3.29. The van der Waals surface area contributed by atoms with Gasteiger partial charge in [-0.2, -0.15) is 0 Å². The summed E-state index contributed by atoms with van der Waals surface area (Å²) >= 11 is 5.81. The molecule has 0 radical (unpaired) electrons. The minimum Gasteiger partial charge on any atom is -0.396 e. The van der Waals surface area contributed by atoms with Gasteiger partial charge < -0.3 is 16.0 Å². The molecule has 6 heteroatoms. The lowest BCUT2D eigenvalue weighted by molar-refractivity contribution is -0.123. The number of carbonyl (C=O) groups is 1. The lowest BCUT2D eigenvalue weighted by Crippen LogP contribution is -2.55. The Morgan fingerprint density at radius 3 is 3.12 bits per heavy atom. The Kier molecular flexibility index (Phi) is 3.38. The number of carbonyl (C=O) groups excluding carboxylic acids is 1. The summed E-state index contributed by atoms with van der Waals surface area (Å²) in [6.07, 6.45) is 2.27. The number of pyridine rings is 1. The van der Waals surface area contributed by atoms with E-state index in [-0.39, 0.29) is 11.9 Å². The first-order valence-electron chi connectivity index (χ1n) is 5.59. The van der Waals surface area contributed by atoms with Crippen molar-refractivity contribution in [3.05, 3.63) is 17.3 Å². The monoisotopic (exact) mass is 254 g/mol. The zero-order valence-electron chi connectivity index (χ0n) is 9.61. The molecule has 1 amide bonds. The molecule has 0 saturated carbocycles. The molecule has 1 unspecified atom stereocenters. The van der Waals surface area contributed by atoms with Crippen molar-refractivity contribution < 1.29 is 4.79 Å². The van der Waals surface area contributed by atoms with Crippen molar-refractivity contribution in [2.45, 2.75) is 19.4 Å². The van der Waals surface area contributed by atoms with Crippen LogP contribution in [0.2, 0.25) is 5.02 Å². The molecule has 1 aliphatic rings. The summed E-state index contributed by atoms with van der Waals surface area (Å²) in [6, 6.07) is 1.45. The second-order valence-electron chi connectivity index (χ2n) is 3.97. The second kappa shape index (κ2) is 4.79. The number of amides is 1. The average molecular weight is 255 g/mol. The van der Waals surface area contributed by atoms with Gasteiger partial charge in [-0.05, 0) is 12.5 Å². The fraction of sp³-hybridized carbons (Fsp3) is 0.455. The molecule has 17 heavy (non-hydrogen) atoms. The first-order chi connectivity index (χ1) is 8.13. The largest absolute Gasteiger partial charge is 0.396 e. The van der Waals surface area contributed by atoms with Crippen molar-refractivity contribution in [2.24, 2.45) is 0 Å². The fourth-order valence-electron chi connectivity index (χ4n) is 2.06. The highest BCUT2D eigenvalue weighted by Crippen LogP contribution is 2.26. The Balaban J connectivity index is 2.33. The Labute approximate surface area is 105 Å². The van der Waals surface area contributed by atoms with E-state index in [0.717, 1.165) is 6.42 Å². The number of halogens is 1. The minimum absolute atomic E-state index is 0.0231. The van der Waals surface area contributed by atoms with Gasteiger partial charge in [-0.15, -0.1) is 0 Å². The zero-order valence-corrected chi connectivity index (χ0v) is 10.4. The van der Waals surface area contributed by atoms with Crippen LogP contribution in [0.25, 0.3) is 0 Å². The van der Waals surface area contributed by atoms with Crippen LogP contribution in [0.5, 0.6) is 0 Å². The number of anilines is 2. The highest BCUT2D eigenvalue weighted by atomic mass is 35.5. The molecule has 2 heterocycles. The van der Waals surface area contributed by atoms with Crippen molar-refractivity contribution in [3.63, 3.8) is 0 Å². The average Bonchev–Trinajstić information content (AvgIpc) is 2.29. The maximum atomic E-state index is 11.7.